The van der Waals surface area contributed by atoms with Crippen LogP contribution in [-0.4, -0.2) is 43.2 Å². The average Bonchev–Trinajstić information content (AvgIpc) is 3.04. The summed E-state index contributed by atoms with van der Waals surface area (Å²) in [6, 6.07) is 8.13. The van der Waals surface area contributed by atoms with Gasteiger partial charge in [0.05, 0.1) is 0 Å². The van der Waals surface area contributed by atoms with Gasteiger partial charge >= 0.3 is 0 Å². The van der Waals surface area contributed by atoms with Crippen molar-refractivity contribution in [1.29, 1.82) is 0 Å². The Morgan fingerprint density at radius 3 is 2.65 bits per heavy atom. The first kappa shape index (κ1) is 19.3. The molecule has 0 spiro atoms. The van der Waals surface area contributed by atoms with Gasteiger partial charge in [-0.15, -0.1) is 24.0 Å². The molecular formula is C16H25IN6. The van der Waals surface area contributed by atoms with Crippen LogP contribution in [0.1, 0.15) is 5.56 Å². The molecule has 0 atom stereocenters. The normalized spacial score (nSPS) is 10.8. The molecule has 0 aliphatic rings. The van der Waals surface area contributed by atoms with Gasteiger partial charge in [0, 0.05) is 59.4 Å². The first-order chi connectivity index (χ1) is 10.7. The molecule has 2 aromatic heterocycles. The highest BCUT2D eigenvalue weighted by Gasteiger charge is 2.01. The first-order valence-electron chi connectivity index (χ1n) is 7.36. The lowest BCUT2D eigenvalue weighted by Gasteiger charge is -2.14. The molecule has 23 heavy (non-hydrogen) atoms. The molecule has 0 unspecified atom stereocenters. The molecule has 0 saturated carbocycles. The molecule has 126 valence electrons. The molecule has 0 radical (unpaired) electrons. The van der Waals surface area contributed by atoms with Crippen molar-refractivity contribution < 1.29 is 0 Å². The van der Waals surface area contributed by atoms with E-state index in [1.54, 1.807) is 7.05 Å². The molecule has 0 bridgehead atoms. The van der Waals surface area contributed by atoms with Gasteiger partial charge in [-0.3, -0.25) is 4.99 Å². The van der Waals surface area contributed by atoms with Crippen molar-refractivity contribution >= 4 is 35.8 Å². The van der Waals surface area contributed by atoms with E-state index in [-0.39, 0.29) is 24.0 Å². The maximum Gasteiger partial charge on any atom is 0.191 e. The Bertz CT molecular complexity index is 594. The van der Waals surface area contributed by atoms with Crippen LogP contribution in [0.3, 0.4) is 0 Å². The van der Waals surface area contributed by atoms with Crippen molar-refractivity contribution in [1.82, 2.24) is 20.2 Å². The molecule has 2 rings (SSSR count). The number of nitrogens with one attached hydrogen (secondary N) is 2. The van der Waals surface area contributed by atoms with Crippen molar-refractivity contribution in [2.24, 2.45) is 4.99 Å². The molecule has 2 heterocycles. The van der Waals surface area contributed by atoms with E-state index in [1.807, 2.05) is 43.4 Å². The molecule has 7 heteroatoms. The maximum atomic E-state index is 4.31. The Hall–Kier alpha value is -1.77. The van der Waals surface area contributed by atoms with Gasteiger partial charge in [0.15, 0.2) is 5.96 Å². The second kappa shape index (κ2) is 10.1. The third-order valence-corrected chi connectivity index (χ3v) is 3.28. The zero-order valence-electron chi connectivity index (χ0n) is 13.9. The highest BCUT2D eigenvalue weighted by Crippen LogP contribution is 2.08. The smallest absolute Gasteiger partial charge is 0.191 e. The monoisotopic (exact) mass is 428 g/mol. The van der Waals surface area contributed by atoms with Gasteiger partial charge in [-0.1, -0.05) is 0 Å². The summed E-state index contributed by atoms with van der Waals surface area (Å²) in [5.74, 6) is 1.75. The molecule has 2 aromatic rings. The van der Waals surface area contributed by atoms with Gasteiger partial charge in [0.2, 0.25) is 0 Å². The quantitative estimate of drug-likeness (QED) is 0.420. The van der Waals surface area contributed by atoms with E-state index in [9.17, 15) is 0 Å². The predicted molar refractivity (Wildman–Crippen MR) is 107 cm³/mol. The zero-order chi connectivity index (χ0) is 15.8. The molecular weight excluding hydrogens is 403 g/mol. The van der Waals surface area contributed by atoms with E-state index in [2.05, 4.69) is 43.6 Å². The summed E-state index contributed by atoms with van der Waals surface area (Å²) in [6.45, 7) is 2.45. The number of anilines is 1. The Balaban J connectivity index is 0.00000264. The lowest BCUT2D eigenvalue weighted by Crippen LogP contribution is -2.38. The van der Waals surface area contributed by atoms with Gasteiger partial charge in [-0.2, -0.15) is 0 Å². The fraction of sp³-hybridized carbons (Fsp3) is 0.375. The number of hydrogen-bond donors (Lipinski definition) is 2. The van der Waals surface area contributed by atoms with Gasteiger partial charge in [-0.25, -0.2) is 4.98 Å². The van der Waals surface area contributed by atoms with Crippen molar-refractivity contribution in [3.63, 3.8) is 0 Å². The van der Waals surface area contributed by atoms with Crippen LogP contribution in [0.25, 0.3) is 0 Å². The van der Waals surface area contributed by atoms with Crippen LogP contribution >= 0.6 is 24.0 Å². The minimum atomic E-state index is 0. The largest absolute Gasteiger partial charge is 0.363 e. The summed E-state index contributed by atoms with van der Waals surface area (Å²) in [6.07, 6.45) is 5.93. The van der Waals surface area contributed by atoms with E-state index in [4.69, 9.17) is 0 Å². The second-order valence-corrected chi connectivity index (χ2v) is 5.19. The third-order valence-electron chi connectivity index (χ3n) is 3.28. The van der Waals surface area contributed by atoms with Crippen LogP contribution in [0.2, 0.25) is 0 Å². The first-order valence-corrected chi connectivity index (χ1v) is 7.36. The summed E-state index contributed by atoms with van der Waals surface area (Å²) in [4.78, 5) is 10.5. The zero-order valence-corrected chi connectivity index (χ0v) is 16.2. The molecule has 0 saturated heterocycles. The minimum Gasteiger partial charge on any atom is -0.363 e. The van der Waals surface area contributed by atoms with E-state index >= 15 is 0 Å². The van der Waals surface area contributed by atoms with E-state index in [0.29, 0.717) is 6.54 Å². The van der Waals surface area contributed by atoms with Crippen LogP contribution in [0.15, 0.2) is 47.8 Å². The molecule has 0 fully saturated rings. The van der Waals surface area contributed by atoms with Crippen LogP contribution in [-0.2, 0) is 13.1 Å². The van der Waals surface area contributed by atoms with E-state index in [0.717, 1.165) is 24.9 Å². The number of aliphatic imine (C=N–C) groups is 1. The van der Waals surface area contributed by atoms with Crippen LogP contribution in [0.4, 0.5) is 5.82 Å². The van der Waals surface area contributed by atoms with Crippen molar-refractivity contribution in [2.45, 2.75) is 13.1 Å². The SMILES string of the molecule is CN=C(NCCn1cccc1)NCc1ccnc(N(C)C)c1.I. The average molecular weight is 428 g/mol. The van der Waals surface area contributed by atoms with Crippen molar-refractivity contribution in [3.8, 4) is 0 Å². The summed E-state index contributed by atoms with van der Waals surface area (Å²) in [5.41, 5.74) is 1.17. The fourth-order valence-corrected chi connectivity index (χ4v) is 2.04. The maximum absolute atomic E-state index is 4.31. The number of halogens is 1. The number of aromatic nitrogens is 2. The Morgan fingerprint density at radius 1 is 1.26 bits per heavy atom. The minimum absolute atomic E-state index is 0. The van der Waals surface area contributed by atoms with Crippen LogP contribution in [0.5, 0.6) is 0 Å². The van der Waals surface area contributed by atoms with Gasteiger partial charge in [0.1, 0.15) is 5.82 Å². The highest BCUT2D eigenvalue weighted by atomic mass is 127. The summed E-state index contributed by atoms with van der Waals surface area (Å²) >= 11 is 0. The number of nitrogens with zero attached hydrogens (tertiary/aromatic N) is 4. The standard InChI is InChI=1S/C16H24N6.HI/c1-17-16(19-8-11-22-9-4-5-10-22)20-13-14-6-7-18-15(12-14)21(2)3;/h4-7,9-10,12H,8,11,13H2,1-3H3,(H2,17,19,20);1H. The lowest BCUT2D eigenvalue weighted by atomic mass is 10.2. The molecule has 0 aliphatic carbocycles. The molecule has 0 amide bonds. The Labute approximate surface area is 155 Å². The molecule has 2 N–H and O–H groups in total. The summed E-state index contributed by atoms with van der Waals surface area (Å²) in [7, 11) is 5.76. The number of hydrogen-bond acceptors (Lipinski definition) is 3. The van der Waals surface area contributed by atoms with E-state index in [1.165, 1.54) is 5.56 Å². The predicted octanol–water partition coefficient (Wildman–Crippen LogP) is 1.93. The molecule has 6 nitrogen and oxygen atoms in total. The van der Waals surface area contributed by atoms with Gasteiger partial charge in [-0.05, 0) is 29.8 Å². The Kier molecular flexibility index (Phi) is 8.46. The van der Waals surface area contributed by atoms with Gasteiger partial charge < -0.3 is 20.1 Å². The lowest BCUT2D eigenvalue weighted by molar-refractivity contribution is 0.665. The van der Waals surface area contributed by atoms with Crippen LogP contribution in [0, 0.1) is 0 Å². The van der Waals surface area contributed by atoms with Crippen molar-refractivity contribution in [3.05, 3.63) is 48.4 Å². The number of rotatable bonds is 6. The van der Waals surface area contributed by atoms with E-state index < -0.39 is 0 Å². The number of pyridine rings is 1. The Morgan fingerprint density at radius 2 is 2.00 bits per heavy atom. The second-order valence-electron chi connectivity index (χ2n) is 5.19. The highest BCUT2D eigenvalue weighted by molar-refractivity contribution is 14.0. The fourth-order valence-electron chi connectivity index (χ4n) is 2.04. The topological polar surface area (TPSA) is 57.5 Å². The molecule has 0 aliphatic heterocycles. The summed E-state index contributed by atoms with van der Waals surface area (Å²) in [5, 5.41) is 6.62. The summed E-state index contributed by atoms with van der Waals surface area (Å²) < 4.78 is 2.13. The van der Waals surface area contributed by atoms with Crippen molar-refractivity contribution in [2.75, 3.05) is 32.6 Å². The van der Waals surface area contributed by atoms with Gasteiger partial charge in [0.25, 0.3) is 0 Å². The van der Waals surface area contributed by atoms with Crippen LogP contribution < -0.4 is 15.5 Å². The third kappa shape index (κ3) is 6.47. The molecule has 0 aromatic carbocycles. The number of guanidine groups is 1.